The highest BCUT2D eigenvalue weighted by Crippen LogP contribution is 2.28. The second kappa shape index (κ2) is 8.02. The molecule has 2 aromatic heterocycles. The Bertz CT molecular complexity index is 1240. The molecule has 1 amide bonds. The maximum absolute atomic E-state index is 14.1. The lowest BCUT2D eigenvalue weighted by Gasteiger charge is -2.12. The summed E-state index contributed by atoms with van der Waals surface area (Å²) < 4.78 is 16.7. The first-order valence-corrected chi connectivity index (χ1v) is 10.7. The van der Waals surface area contributed by atoms with E-state index in [-0.39, 0.29) is 24.4 Å². The second-order valence-electron chi connectivity index (χ2n) is 7.29. The quantitative estimate of drug-likeness (QED) is 0.670. The molecule has 0 atom stereocenters. The molecule has 1 aromatic carbocycles. The van der Waals surface area contributed by atoms with Crippen molar-refractivity contribution in [3.63, 3.8) is 0 Å². The van der Waals surface area contributed by atoms with Crippen molar-refractivity contribution in [1.29, 1.82) is 0 Å². The summed E-state index contributed by atoms with van der Waals surface area (Å²) in [6.07, 6.45) is 2.10. The van der Waals surface area contributed by atoms with Gasteiger partial charge in [-0.25, -0.2) is 14.2 Å². The van der Waals surface area contributed by atoms with Gasteiger partial charge in [0.1, 0.15) is 17.1 Å². The van der Waals surface area contributed by atoms with Crippen molar-refractivity contribution in [2.45, 2.75) is 39.8 Å². The van der Waals surface area contributed by atoms with Gasteiger partial charge in [0.2, 0.25) is 5.91 Å². The summed E-state index contributed by atoms with van der Waals surface area (Å²) in [6, 6.07) is 4.48. The number of nitrogens with one attached hydrogen (secondary N) is 1. The van der Waals surface area contributed by atoms with E-state index in [0.29, 0.717) is 9.83 Å². The Labute approximate surface area is 175 Å². The Kier molecular flexibility index (Phi) is 5.42. The van der Waals surface area contributed by atoms with Crippen molar-refractivity contribution < 1.29 is 9.18 Å². The lowest BCUT2D eigenvalue weighted by Crippen LogP contribution is -2.41. The molecule has 0 aliphatic carbocycles. The lowest BCUT2D eigenvalue weighted by atomic mass is 10.2. The number of thiazole rings is 1. The lowest BCUT2D eigenvalue weighted by molar-refractivity contribution is -0.116. The highest BCUT2D eigenvalue weighted by molar-refractivity contribution is 7.22. The van der Waals surface area contributed by atoms with Crippen LogP contribution in [-0.4, -0.2) is 33.1 Å². The molecule has 4 rings (SSSR count). The van der Waals surface area contributed by atoms with Crippen LogP contribution in [0.2, 0.25) is 0 Å². The van der Waals surface area contributed by atoms with Gasteiger partial charge in [-0.15, -0.1) is 0 Å². The first kappa shape index (κ1) is 20.3. The number of carbonyl (C=O) groups is 1. The van der Waals surface area contributed by atoms with Crippen LogP contribution in [0.1, 0.15) is 25.3 Å². The van der Waals surface area contributed by atoms with Gasteiger partial charge < -0.3 is 10.2 Å². The van der Waals surface area contributed by atoms with Crippen LogP contribution in [0.4, 0.5) is 15.2 Å². The van der Waals surface area contributed by atoms with E-state index in [1.807, 2.05) is 0 Å². The normalized spacial score (nSPS) is 13.9. The molecule has 0 saturated carbocycles. The second-order valence-corrected chi connectivity index (χ2v) is 8.27. The van der Waals surface area contributed by atoms with Gasteiger partial charge in [-0.3, -0.25) is 18.7 Å². The number of halogens is 1. The summed E-state index contributed by atoms with van der Waals surface area (Å²) in [6.45, 7) is 4.95. The zero-order chi connectivity index (χ0) is 21.4. The molecule has 1 aliphatic heterocycles. The molecule has 10 heteroatoms. The van der Waals surface area contributed by atoms with E-state index in [1.165, 1.54) is 28.0 Å². The maximum atomic E-state index is 14.1. The molecule has 3 heterocycles. The number of benzene rings is 1. The molecular formula is C20H22FN5O3S. The minimum atomic E-state index is -0.604. The molecular weight excluding hydrogens is 409 g/mol. The first-order valence-electron chi connectivity index (χ1n) is 9.84. The van der Waals surface area contributed by atoms with Crippen molar-refractivity contribution in [3.8, 4) is 0 Å². The standard InChI is InChI=1S/C20H22FN5O3S/c1-3-25-18(28)16-17(23-19(30-16)24-8-4-5-9-24)26(20(25)29)11-15(27)22-14-7-6-12(2)10-13(14)21/h6-7,10H,3-5,8-9,11H2,1-2H3,(H,22,27). The van der Waals surface area contributed by atoms with Gasteiger partial charge >= 0.3 is 5.69 Å². The molecule has 8 nitrogen and oxygen atoms in total. The minimum Gasteiger partial charge on any atom is -0.348 e. The Morgan fingerprint density at radius 2 is 1.97 bits per heavy atom. The fourth-order valence-electron chi connectivity index (χ4n) is 3.59. The monoisotopic (exact) mass is 431 g/mol. The number of rotatable bonds is 5. The highest BCUT2D eigenvalue weighted by atomic mass is 32.1. The third-order valence-corrected chi connectivity index (χ3v) is 6.24. The molecule has 158 valence electrons. The number of hydrogen-bond donors (Lipinski definition) is 1. The van der Waals surface area contributed by atoms with E-state index in [9.17, 15) is 18.8 Å². The molecule has 3 aromatic rings. The SMILES string of the molecule is CCn1c(=O)c2sc(N3CCCC3)nc2n(CC(=O)Nc2ccc(C)cc2F)c1=O. The van der Waals surface area contributed by atoms with Crippen molar-refractivity contribution in [3.05, 3.63) is 50.4 Å². The van der Waals surface area contributed by atoms with Gasteiger partial charge in [-0.2, -0.15) is 0 Å². The molecule has 1 fully saturated rings. The van der Waals surface area contributed by atoms with Crippen LogP contribution in [0, 0.1) is 12.7 Å². The average molecular weight is 431 g/mol. The predicted molar refractivity (Wildman–Crippen MR) is 115 cm³/mol. The summed E-state index contributed by atoms with van der Waals surface area (Å²) >= 11 is 1.24. The van der Waals surface area contributed by atoms with Crippen LogP contribution in [-0.2, 0) is 17.9 Å². The van der Waals surface area contributed by atoms with Gasteiger partial charge in [-0.05, 0) is 44.4 Å². The number of aromatic nitrogens is 3. The van der Waals surface area contributed by atoms with Crippen molar-refractivity contribution in [1.82, 2.24) is 14.1 Å². The average Bonchev–Trinajstić information content (AvgIpc) is 3.37. The molecule has 0 spiro atoms. The van der Waals surface area contributed by atoms with Crippen LogP contribution >= 0.6 is 11.3 Å². The molecule has 1 aliphatic rings. The van der Waals surface area contributed by atoms with Gasteiger partial charge in [0.15, 0.2) is 10.8 Å². The zero-order valence-electron chi connectivity index (χ0n) is 16.8. The van der Waals surface area contributed by atoms with Crippen molar-refractivity contribution in [2.24, 2.45) is 0 Å². The zero-order valence-corrected chi connectivity index (χ0v) is 17.6. The fourth-order valence-corrected chi connectivity index (χ4v) is 4.66. The maximum Gasteiger partial charge on any atom is 0.333 e. The van der Waals surface area contributed by atoms with Crippen molar-refractivity contribution >= 4 is 38.4 Å². The number of anilines is 2. The van der Waals surface area contributed by atoms with Gasteiger partial charge in [-0.1, -0.05) is 17.4 Å². The number of fused-ring (bicyclic) bond motifs is 1. The summed E-state index contributed by atoms with van der Waals surface area (Å²) in [5, 5.41) is 3.17. The minimum absolute atomic E-state index is 0.0368. The molecule has 30 heavy (non-hydrogen) atoms. The Balaban J connectivity index is 1.74. The third-order valence-electron chi connectivity index (χ3n) is 5.15. The summed E-state index contributed by atoms with van der Waals surface area (Å²) in [5.74, 6) is -1.12. The summed E-state index contributed by atoms with van der Waals surface area (Å²) in [5.41, 5.74) is -0.0410. The van der Waals surface area contributed by atoms with E-state index in [4.69, 9.17) is 0 Å². The van der Waals surface area contributed by atoms with Gasteiger partial charge in [0.05, 0.1) is 5.69 Å². The van der Waals surface area contributed by atoms with Crippen LogP contribution < -0.4 is 21.5 Å². The Morgan fingerprint density at radius 3 is 2.63 bits per heavy atom. The Morgan fingerprint density at radius 1 is 1.23 bits per heavy atom. The third kappa shape index (κ3) is 3.62. The smallest absolute Gasteiger partial charge is 0.333 e. The number of amides is 1. The summed E-state index contributed by atoms with van der Waals surface area (Å²) in [4.78, 5) is 44.9. The summed E-state index contributed by atoms with van der Waals surface area (Å²) in [7, 11) is 0. The number of hydrogen-bond acceptors (Lipinski definition) is 6. The highest BCUT2D eigenvalue weighted by Gasteiger charge is 2.23. The number of carbonyl (C=O) groups excluding carboxylic acids is 1. The molecule has 0 radical (unpaired) electrons. The largest absolute Gasteiger partial charge is 0.348 e. The number of nitrogens with zero attached hydrogens (tertiary/aromatic N) is 4. The van der Waals surface area contributed by atoms with Gasteiger partial charge in [0.25, 0.3) is 5.56 Å². The fraction of sp³-hybridized carbons (Fsp3) is 0.400. The van der Waals surface area contributed by atoms with E-state index in [0.717, 1.165) is 36.1 Å². The van der Waals surface area contributed by atoms with Crippen molar-refractivity contribution in [2.75, 3.05) is 23.3 Å². The van der Waals surface area contributed by atoms with Crippen LogP contribution in [0.15, 0.2) is 27.8 Å². The molecule has 1 saturated heterocycles. The Hall–Kier alpha value is -3.01. The van der Waals surface area contributed by atoms with E-state index in [2.05, 4.69) is 15.2 Å². The van der Waals surface area contributed by atoms with E-state index in [1.54, 1.807) is 19.9 Å². The van der Waals surface area contributed by atoms with Crippen LogP contribution in [0.5, 0.6) is 0 Å². The first-order chi connectivity index (χ1) is 14.4. The van der Waals surface area contributed by atoms with Crippen LogP contribution in [0.25, 0.3) is 10.3 Å². The van der Waals surface area contributed by atoms with Gasteiger partial charge in [0, 0.05) is 19.6 Å². The molecule has 1 N–H and O–H groups in total. The van der Waals surface area contributed by atoms with E-state index >= 15 is 0 Å². The van der Waals surface area contributed by atoms with Crippen LogP contribution in [0.3, 0.4) is 0 Å². The topological polar surface area (TPSA) is 89.2 Å². The molecule has 0 bridgehead atoms. The molecule has 0 unspecified atom stereocenters. The van der Waals surface area contributed by atoms with E-state index < -0.39 is 23.0 Å². The predicted octanol–water partition coefficient (Wildman–Crippen LogP) is 2.33. The number of aryl methyl sites for hydroxylation is 1.